The summed E-state index contributed by atoms with van der Waals surface area (Å²) in [5.74, 6) is 0.989. The summed E-state index contributed by atoms with van der Waals surface area (Å²) in [7, 11) is 0. The maximum absolute atomic E-state index is 12.8. The van der Waals surface area contributed by atoms with Crippen molar-refractivity contribution >= 4 is 40.0 Å². The molecule has 0 spiro atoms. The first-order valence-electron chi connectivity index (χ1n) is 8.58. The second-order valence-corrected chi connectivity index (χ2v) is 7.81. The van der Waals surface area contributed by atoms with Crippen LogP contribution in [0.5, 0.6) is 5.75 Å². The van der Waals surface area contributed by atoms with E-state index in [4.69, 9.17) is 20.8 Å². The molecule has 0 fully saturated rings. The van der Waals surface area contributed by atoms with Crippen LogP contribution in [-0.4, -0.2) is 26.2 Å². The lowest BCUT2D eigenvalue weighted by molar-refractivity contribution is 0.0995. The van der Waals surface area contributed by atoms with Crippen LogP contribution >= 0.6 is 23.4 Å². The van der Waals surface area contributed by atoms with E-state index in [1.54, 1.807) is 30.5 Å². The molecule has 4 aromatic rings. The number of fused-ring (bicyclic) bond motifs is 1. The SMILES string of the molecule is C[C@@H](Sc1nnc(COc2ccc(Cl)cc2)o1)C(=O)c1c[nH]c2ccccc12. The number of H-pyrrole nitrogens is 1. The largest absolute Gasteiger partial charge is 0.484 e. The maximum Gasteiger partial charge on any atom is 0.277 e. The molecule has 0 aliphatic rings. The molecule has 0 aliphatic carbocycles. The number of carbonyl (C=O) groups is 1. The van der Waals surface area contributed by atoms with Crippen LogP contribution in [-0.2, 0) is 6.61 Å². The van der Waals surface area contributed by atoms with Crippen molar-refractivity contribution in [3.8, 4) is 5.75 Å². The molecule has 4 rings (SSSR count). The number of hydrogen-bond donors (Lipinski definition) is 1. The van der Waals surface area contributed by atoms with E-state index in [2.05, 4.69) is 15.2 Å². The second-order valence-electron chi connectivity index (χ2n) is 6.08. The lowest BCUT2D eigenvalue weighted by atomic mass is 10.1. The van der Waals surface area contributed by atoms with E-state index in [-0.39, 0.29) is 17.6 Å². The maximum atomic E-state index is 12.8. The summed E-state index contributed by atoms with van der Waals surface area (Å²) < 4.78 is 11.2. The Morgan fingerprint density at radius 2 is 2.00 bits per heavy atom. The number of benzene rings is 2. The normalized spacial score (nSPS) is 12.2. The Labute approximate surface area is 170 Å². The Kier molecular flexibility index (Phi) is 5.36. The molecule has 1 N–H and O–H groups in total. The zero-order chi connectivity index (χ0) is 19.5. The van der Waals surface area contributed by atoms with Gasteiger partial charge in [0.2, 0.25) is 0 Å². The van der Waals surface area contributed by atoms with Gasteiger partial charge in [-0.25, -0.2) is 0 Å². The van der Waals surface area contributed by atoms with Crippen LogP contribution in [0.3, 0.4) is 0 Å². The fraction of sp³-hybridized carbons (Fsp3) is 0.150. The first-order valence-corrected chi connectivity index (χ1v) is 9.83. The molecular weight excluding hydrogens is 398 g/mol. The van der Waals surface area contributed by atoms with Gasteiger partial charge in [0.1, 0.15) is 5.75 Å². The number of rotatable bonds is 7. The minimum atomic E-state index is -0.371. The number of aromatic nitrogens is 3. The minimum absolute atomic E-state index is 0.000357. The number of Topliss-reactive ketones (excluding diaryl/α,β-unsaturated/α-hetero) is 1. The van der Waals surface area contributed by atoms with Gasteiger partial charge < -0.3 is 14.1 Å². The van der Waals surface area contributed by atoms with Crippen molar-refractivity contribution in [2.24, 2.45) is 0 Å². The summed E-state index contributed by atoms with van der Waals surface area (Å²) in [4.78, 5) is 15.9. The van der Waals surface area contributed by atoms with Crippen LogP contribution in [0, 0.1) is 0 Å². The fourth-order valence-corrected chi connectivity index (χ4v) is 3.61. The van der Waals surface area contributed by atoms with E-state index >= 15 is 0 Å². The summed E-state index contributed by atoms with van der Waals surface area (Å²) in [6.07, 6.45) is 1.74. The molecule has 28 heavy (non-hydrogen) atoms. The zero-order valence-corrected chi connectivity index (χ0v) is 16.5. The monoisotopic (exact) mass is 413 g/mol. The second kappa shape index (κ2) is 8.08. The van der Waals surface area contributed by atoms with Gasteiger partial charge in [-0.1, -0.05) is 41.6 Å². The third kappa shape index (κ3) is 4.05. The van der Waals surface area contributed by atoms with E-state index in [0.29, 0.717) is 27.4 Å². The summed E-state index contributed by atoms with van der Waals surface area (Å²) in [6.45, 7) is 1.96. The number of para-hydroxylation sites is 1. The number of ether oxygens (including phenoxy) is 1. The average Bonchev–Trinajstić information content (AvgIpc) is 3.34. The Morgan fingerprint density at radius 1 is 1.21 bits per heavy atom. The summed E-state index contributed by atoms with van der Waals surface area (Å²) in [5.41, 5.74) is 1.59. The lowest BCUT2D eigenvalue weighted by Crippen LogP contribution is -2.13. The summed E-state index contributed by atoms with van der Waals surface area (Å²) >= 11 is 7.07. The summed E-state index contributed by atoms with van der Waals surface area (Å²) in [5, 5.41) is 9.46. The molecule has 0 unspecified atom stereocenters. The standard InChI is InChI=1S/C20H16ClN3O3S/c1-12(19(25)16-10-22-17-5-3-2-4-15(16)17)28-20-24-23-18(27-20)11-26-14-8-6-13(21)7-9-14/h2-10,12,22H,11H2,1H3/t12-/m1/s1. The molecule has 6 nitrogen and oxygen atoms in total. The van der Waals surface area contributed by atoms with Gasteiger partial charge in [0.15, 0.2) is 12.4 Å². The Bertz CT molecular complexity index is 1110. The first kappa shape index (κ1) is 18.6. The van der Waals surface area contributed by atoms with Gasteiger partial charge in [-0.05, 0) is 37.3 Å². The average molecular weight is 414 g/mol. The molecule has 2 aromatic heterocycles. The minimum Gasteiger partial charge on any atom is -0.484 e. The van der Waals surface area contributed by atoms with Gasteiger partial charge in [0.05, 0.1) is 5.25 Å². The molecule has 0 aliphatic heterocycles. The highest BCUT2D eigenvalue weighted by atomic mass is 35.5. The van der Waals surface area contributed by atoms with Crippen molar-refractivity contribution in [1.82, 2.24) is 15.2 Å². The number of nitrogens with zero attached hydrogens (tertiary/aromatic N) is 2. The van der Waals surface area contributed by atoms with Gasteiger partial charge in [-0.3, -0.25) is 4.79 Å². The number of nitrogens with one attached hydrogen (secondary N) is 1. The van der Waals surface area contributed by atoms with Crippen LogP contribution < -0.4 is 4.74 Å². The van der Waals surface area contributed by atoms with Crippen LogP contribution in [0.15, 0.2) is 64.4 Å². The third-order valence-electron chi connectivity index (χ3n) is 4.13. The molecule has 0 saturated carbocycles. The van der Waals surface area contributed by atoms with Crippen molar-refractivity contribution in [3.63, 3.8) is 0 Å². The molecular formula is C20H16ClN3O3S. The number of hydrogen-bond acceptors (Lipinski definition) is 6. The van der Waals surface area contributed by atoms with Crippen molar-refractivity contribution in [2.45, 2.75) is 24.0 Å². The van der Waals surface area contributed by atoms with Crippen LogP contribution in [0.2, 0.25) is 5.02 Å². The molecule has 0 bridgehead atoms. The Hall–Kier alpha value is -2.77. The number of ketones is 1. The predicted molar refractivity (Wildman–Crippen MR) is 108 cm³/mol. The lowest BCUT2D eigenvalue weighted by Gasteiger charge is -2.06. The van der Waals surface area contributed by atoms with Crippen LogP contribution in [0.4, 0.5) is 0 Å². The number of halogens is 1. The van der Waals surface area contributed by atoms with Crippen molar-refractivity contribution in [3.05, 3.63) is 71.2 Å². The van der Waals surface area contributed by atoms with Gasteiger partial charge in [0, 0.05) is 27.7 Å². The molecule has 8 heteroatoms. The van der Waals surface area contributed by atoms with E-state index in [9.17, 15) is 4.79 Å². The van der Waals surface area contributed by atoms with Gasteiger partial charge in [-0.2, -0.15) is 0 Å². The predicted octanol–water partition coefficient (Wildman–Crippen LogP) is 5.15. The topological polar surface area (TPSA) is 81.0 Å². The molecule has 0 radical (unpaired) electrons. The Morgan fingerprint density at radius 3 is 2.82 bits per heavy atom. The summed E-state index contributed by atoms with van der Waals surface area (Å²) in [6, 6.07) is 14.7. The van der Waals surface area contributed by atoms with Crippen LogP contribution in [0.1, 0.15) is 23.2 Å². The smallest absolute Gasteiger partial charge is 0.277 e. The molecule has 142 valence electrons. The van der Waals surface area contributed by atoms with Crippen molar-refractivity contribution in [1.29, 1.82) is 0 Å². The molecule has 2 aromatic carbocycles. The molecule has 0 amide bonds. The third-order valence-corrected chi connectivity index (χ3v) is 5.31. The van der Waals surface area contributed by atoms with E-state index in [0.717, 1.165) is 10.9 Å². The highest BCUT2D eigenvalue weighted by Gasteiger charge is 2.22. The van der Waals surface area contributed by atoms with E-state index in [1.807, 2.05) is 31.2 Å². The van der Waals surface area contributed by atoms with Crippen molar-refractivity contribution in [2.75, 3.05) is 0 Å². The van der Waals surface area contributed by atoms with Gasteiger partial charge >= 0.3 is 0 Å². The van der Waals surface area contributed by atoms with Crippen molar-refractivity contribution < 1.29 is 13.9 Å². The van der Waals surface area contributed by atoms with E-state index < -0.39 is 0 Å². The Balaban J connectivity index is 1.39. The molecule has 1 atom stereocenters. The highest BCUT2D eigenvalue weighted by Crippen LogP contribution is 2.27. The van der Waals surface area contributed by atoms with E-state index in [1.165, 1.54) is 11.8 Å². The molecule has 2 heterocycles. The number of thioether (sulfide) groups is 1. The zero-order valence-electron chi connectivity index (χ0n) is 14.9. The number of carbonyl (C=O) groups excluding carboxylic acids is 1. The highest BCUT2D eigenvalue weighted by molar-refractivity contribution is 8.00. The van der Waals surface area contributed by atoms with Gasteiger partial charge in [0.25, 0.3) is 11.1 Å². The first-order chi connectivity index (χ1) is 13.6. The number of aromatic amines is 1. The van der Waals surface area contributed by atoms with Crippen LogP contribution in [0.25, 0.3) is 10.9 Å². The molecule has 0 saturated heterocycles. The fourth-order valence-electron chi connectivity index (χ4n) is 2.72. The quantitative estimate of drug-likeness (QED) is 0.333. The van der Waals surface area contributed by atoms with Gasteiger partial charge in [-0.15, -0.1) is 10.2 Å².